The van der Waals surface area contributed by atoms with Crippen molar-refractivity contribution in [3.05, 3.63) is 12.7 Å². The van der Waals surface area contributed by atoms with Gasteiger partial charge >= 0.3 is 23.5 Å². The summed E-state index contributed by atoms with van der Waals surface area (Å²) in [6.07, 6.45) is 6.13. The Bertz CT molecular complexity index is 1240. The Labute approximate surface area is 184 Å². The Hall–Kier alpha value is -2.05. The van der Waals surface area contributed by atoms with E-state index in [1.807, 2.05) is 0 Å². The van der Waals surface area contributed by atoms with Crippen LogP contribution in [0.2, 0.25) is 0 Å². The van der Waals surface area contributed by atoms with E-state index >= 15 is 0 Å². The highest BCUT2D eigenvalue weighted by Crippen LogP contribution is 2.66. The third kappa shape index (κ3) is 5.90. The molecule has 6 N–H and O–H groups in total. The van der Waals surface area contributed by atoms with Gasteiger partial charge in [0.15, 0.2) is 17.7 Å². The number of phosphoric ester groups is 1. The molecule has 3 heterocycles. The maximum Gasteiger partial charge on any atom is 0.490 e. The highest BCUT2D eigenvalue weighted by atomic mass is 31.3. The molecule has 2 aromatic heterocycles. The predicted molar refractivity (Wildman–Crippen MR) is 105 cm³/mol. The van der Waals surface area contributed by atoms with Crippen molar-refractivity contribution in [2.24, 2.45) is 11.8 Å². The zero-order valence-corrected chi connectivity index (χ0v) is 18.8. The third-order valence-corrected chi connectivity index (χ3v) is 8.10. The van der Waals surface area contributed by atoms with Gasteiger partial charge in [0, 0.05) is 0 Å². The van der Waals surface area contributed by atoms with Crippen LogP contribution in [-0.4, -0.2) is 58.1 Å². The first-order valence-corrected chi connectivity index (χ1v) is 13.1. The number of anilines is 1. The van der Waals surface area contributed by atoms with Crippen LogP contribution in [0.1, 0.15) is 6.23 Å². The van der Waals surface area contributed by atoms with E-state index in [1.54, 1.807) is 0 Å². The molecule has 0 spiro atoms. The number of nitrogens with zero attached hydrogens (tertiary/aromatic N) is 4. The molecule has 20 heteroatoms. The average Bonchev–Trinajstić information content (AvgIpc) is 3.24. The van der Waals surface area contributed by atoms with Gasteiger partial charge in [-0.1, -0.05) is 5.92 Å². The predicted octanol–water partition coefficient (Wildman–Crippen LogP) is -0.286. The van der Waals surface area contributed by atoms with E-state index in [0.29, 0.717) is 6.29 Å². The van der Waals surface area contributed by atoms with Crippen LogP contribution in [0.4, 0.5) is 5.82 Å². The number of imidazole rings is 1. The minimum Gasteiger partial charge on any atom is -0.382 e. The van der Waals surface area contributed by atoms with Gasteiger partial charge in [0.1, 0.15) is 18.1 Å². The first-order chi connectivity index (χ1) is 15.3. The van der Waals surface area contributed by atoms with E-state index in [2.05, 4.69) is 34.0 Å². The smallest absolute Gasteiger partial charge is 0.382 e. The number of ether oxygens (including phenoxy) is 1. The third-order valence-electron chi connectivity index (χ3n) is 4.29. The maximum atomic E-state index is 12.0. The first kappa shape index (κ1) is 25.6. The molecule has 2 aromatic rings. The molecular weight excluding hydrogens is 511 g/mol. The van der Waals surface area contributed by atoms with Crippen molar-refractivity contribution in [3.63, 3.8) is 0 Å². The Balaban J connectivity index is 1.78. The minimum atomic E-state index is -5.70. The van der Waals surface area contributed by atoms with Crippen molar-refractivity contribution in [1.82, 2.24) is 19.5 Å². The summed E-state index contributed by atoms with van der Waals surface area (Å²) in [6, 6.07) is 0. The van der Waals surface area contributed by atoms with Crippen LogP contribution < -0.4 is 5.73 Å². The number of hydrogen-bond donors (Lipinski definition) is 5. The summed E-state index contributed by atoms with van der Waals surface area (Å²) in [5, 5.41) is 0. The number of nitrogens with two attached hydrogens (primary N) is 1. The summed E-state index contributed by atoms with van der Waals surface area (Å²) >= 11 is 0. The molecule has 0 aromatic carbocycles. The maximum absolute atomic E-state index is 12.0. The summed E-state index contributed by atoms with van der Waals surface area (Å²) < 4.78 is 53.0. The van der Waals surface area contributed by atoms with Crippen molar-refractivity contribution in [3.8, 4) is 12.3 Å². The largest absolute Gasteiger partial charge is 0.490 e. The topological polar surface area (TPSA) is 256 Å². The van der Waals surface area contributed by atoms with Crippen molar-refractivity contribution < 1.29 is 55.9 Å². The summed E-state index contributed by atoms with van der Waals surface area (Å²) in [4.78, 5) is 59.5. The van der Waals surface area contributed by atoms with Crippen LogP contribution in [0, 0.1) is 24.2 Å². The fourth-order valence-electron chi connectivity index (χ4n) is 3.06. The number of phosphoric acid groups is 3. The standard InChI is InChI=1S/C13H16N5O12P3/c1-2-7-8(3-19)9(4-27-32(23,24)30-33(25,26)29-31(20,21)22)28-13(7)18-6-17-10-11(14)15-5-16-12(10)18/h1,3,5-9,13H,4H2,(H,23,24)(H,25,26)(H2,14,15,16)(H2,20,21,22)/t7-,8?,9+,13+/m0/s1. The number of rotatable bonds is 9. The van der Waals surface area contributed by atoms with E-state index in [9.17, 15) is 28.3 Å². The molecule has 0 saturated carbocycles. The van der Waals surface area contributed by atoms with Gasteiger partial charge in [-0.25, -0.2) is 28.6 Å². The van der Waals surface area contributed by atoms with Gasteiger partial charge in [0.25, 0.3) is 0 Å². The molecule has 33 heavy (non-hydrogen) atoms. The number of hydrogen-bond acceptors (Lipinski definition) is 12. The Morgan fingerprint density at radius 3 is 2.48 bits per heavy atom. The van der Waals surface area contributed by atoms with Gasteiger partial charge in [-0.15, -0.1) is 6.42 Å². The van der Waals surface area contributed by atoms with Gasteiger partial charge in [0.2, 0.25) is 0 Å². The highest BCUT2D eigenvalue weighted by Gasteiger charge is 2.47. The minimum absolute atomic E-state index is 0.0742. The number of terminal acetylenes is 1. The number of aldehydes is 1. The Kier molecular flexibility index (Phi) is 7.21. The quantitative estimate of drug-likeness (QED) is 0.159. The highest BCUT2D eigenvalue weighted by molar-refractivity contribution is 7.66. The van der Waals surface area contributed by atoms with Gasteiger partial charge in [-0.3, -0.25) is 9.09 Å². The second-order valence-corrected chi connectivity index (χ2v) is 10.9. The van der Waals surface area contributed by atoms with E-state index in [0.717, 1.165) is 0 Å². The zero-order chi connectivity index (χ0) is 24.6. The molecule has 180 valence electrons. The molecule has 1 fully saturated rings. The molecule has 1 aliphatic heterocycles. The molecule has 0 amide bonds. The SMILES string of the molecule is C#C[C@H]1C(C=O)[C@@H](COP(=O)(O)OP(=O)(O)OP(=O)(O)O)O[C@H]1n1cnc2c(N)ncnc21. The number of fused-ring (bicyclic) bond motifs is 1. The number of carbonyl (C=O) groups excluding carboxylic acids is 1. The fourth-order valence-corrected chi connectivity index (χ4v) is 6.09. The second-order valence-electron chi connectivity index (χ2n) is 6.44. The molecule has 6 atom stereocenters. The molecule has 0 bridgehead atoms. The van der Waals surface area contributed by atoms with Crippen molar-refractivity contribution >= 4 is 46.7 Å². The van der Waals surface area contributed by atoms with Crippen LogP contribution in [-0.2, 0) is 36.4 Å². The molecule has 3 rings (SSSR count). The molecule has 0 radical (unpaired) electrons. The summed E-state index contributed by atoms with van der Waals surface area (Å²) in [5.41, 5.74) is 6.20. The van der Waals surface area contributed by atoms with Crippen molar-refractivity contribution in [2.45, 2.75) is 12.3 Å². The molecular formula is C13H16N5O12P3. The first-order valence-electron chi connectivity index (χ1n) is 8.55. The lowest BCUT2D eigenvalue weighted by atomic mass is 9.91. The van der Waals surface area contributed by atoms with Gasteiger partial charge in [-0.2, -0.15) is 8.62 Å². The van der Waals surface area contributed by atoms with E-state index in [-0.39, 0.29) is 17.0 Å². The van der Waals surface area contributed by atoms with Crippen LogP contribution >= 0.6 is 23.5 Å². The van der Waals surface area contributed by atoms with Crippen molar-refractivity contribution in [1.29, 1.82) is 0 Å². The number of carbonyl (C=O) groups is 1. The summed E-state index contributed by atoms with van der Waals surface area (Å²) in [5.74, 6) is 0.454. The molecule has 3 unspecified atom stereocenters. The van der Waals surface area contributed by atoms with Crippen LogP contribution in [0.3, 0.4) is 0 Å². The van der Waals surface area contributed by atoms with Crippen LogP contribution in [0.5, 0.6) is 0 Å². The molecule has 0 aliphatic carbocycles. The van der Waals surface area contributed by atoms with E-state index < -0.39 is 54.2 Å². The van der Waals surface area contributed by atoms with Crippen LogP contribution in [0.25, 0.3) is 11.2 Å². The normalized spacial score (nSPS) is 27.0. The Morgan fingerprint density at radius 1 is 1.18 bits per heavy atom. The summed E-state index contributed by atoms with van der Waals surface area (Å²) in [6.45, 7) is -0.856. The van der Waals surface area contributed by atoms with Crippen molar-refractivity contribution in [2.75, 3.05) is 12.3 Å². The van der Waals surface area contributed by atoms with Gasteiger partial charge in [-0.05, 0) is 0 Å². The Morgan fingerprint density at radius 2 is 1.88 bits per heavy atom. The lowest BCUT2D eigenvalue weighted by Gasteiger charge is -2.19. The molecule has 1 saturated heterocycles. The lowest BCUT2D eigenvalue weighted by Crippen LogP contribution is -2.26. The number of nitrogen functional groups attached to an aromatic ring is 1. The second kappa shape index (κ2) is 9.30. The molecule has 17 nitrogen and oxygen atoms in total. The number of aromatic nitrogens is 4. The monoisotopic (exact) mass is 527 g/mol. The fraction of sp³-hybridized carbons (Fsp3) is 0.385. The van der Waals surface area contributed by atoms with E-state index in [1.165, 1.54) is 17.2 Å². The van der Waals surface area contributed by atoms with Gasteiger partial charge < -0.3 is 34.8 Å². The average molecular weight is 527 g/mol. The van der Waals surface area contributed by atoms with E-state index in [4.69, 9.17) is 26.7 Å². The summed E-state index contributed by atoms with van der Waals surface area (Å²) in [7, 11) is -16.7. The van der Waals surface area contributed by atoms with Crippen LogP contribution in [0.15, 0.2) is 12.7 Å². The molecule has 1 aliphatic rings. The van der Waals surface area contributed by atoms with Gasteiger partial charge in [0.05, 0.1) is 30.9 Å². The zero-order valence-electron chi connectivity index (χ0n) is 16.1. The lowest BCUT2D eigenvalue weighted by molar-refractivity contribution is -0.114.